The lowest BCUT2D eigenvalue weighted by molar-refractivity contribution is -0.155. The van der Waals surface area contributed by atoms with Gasteiger partial charge in [0.15, 0.2) is 5.92 Å². The second-order valence-electron chi connectivity index (χ2n) is 8.18. The van der Waals surface area contributed by atoms with Crippen molar-refractivity contribution >= 4 is 22.7 Å². The van der Waals surface area contributed by atoms with Gasteiger partial charge in [0.1, 0.15) is 11.4 Å². The third-order valence-corrected chi connectivity index (χ3v) is 4.78. The number of H-pyrrole nitrogens is 1. The summed E-state index contributed by atoms with van der Waals surface area (Å²) in [4.78, 5) is 25.7. The van der Waals surface area contributed by atoms with Gasteiger partial charge < -0.3 is 15.1 Å². The largest absolute Gasteiger partial charge is 0.459 e. The van der Waals surface area contributed by atoms with E-state index in [4.69, 9.17) is 15.1 Å². The van der Waals surface area contributed by atoms with E-state index >= 15 is 0 Å². The zero-order valence-electron chi connectivity index (χ0n) is 16.4. The van der Waals surface area contributed by atoms with Gasteiger partial charge in [0.2, 0.25) is 0 Å². The van der Waals surface area contributed by atoms with Crippen LogP contribution in [-0.4, -0.2) is 32.2 Å². The van der Waals surface area contributed by atoms with E-state index in [1.54, 1.807) is 0 Å². The number of hydrogen-bond donors (Lipinski definition) is 2. The van der Waals surface area contributed by atoms with E-state index in [1.165, 1.54) is 0 Å². The highest BCUT2D eigenvalue weighted by atomic mass is 16.6. The van der Waals surface area contributed by atoms with Crippen LogP contribution >= 0.6 is 0 Å². The van der Waals surface area contributed by atoms with Crippen molar-refractivity contribution in [2.24, 2.45) is 0 Å². The molecule has 0 saturated carbocycles. The Kier molecular flexibility index (Phi) is 4.49. The van der Waals surface area contributed by atoms with Gasteiger partial charge in [0, 0.05) is 0 Å². The number of carbonyl (C=O) groups excluding carboxylic acids is 1. The van der Waals surface area contributed by atoms with Gasteiger partial charge >= 0.3 is 5.97 Å². The number of ether oxygens (including phenoxy) is 1. The van der Waals surface area contributed by atoms with Crippen LogP contribution in [0.5, 0.6) is 0 Å². The summed E-state index contributed by atoms with van der Waals surface area (Å²) in [5, 5.41) is 8.25. The van der Waals surface area contributed by atoms with Gasteiger partial charge in [-0.05, 0) is 63.8 Å². The SMILES string of the molecule is CC(C)(C)OC(=O)C(c1ccc2c(n1)C(=N)CCC2)c1nc2ccccc2[nH]1. The number of para-hydroxylation sites is 2. The summed E-state index contributed by atoms with van der Waals surface area (Å²) < 4.78 is 5.68. The van der Waals surface area contributed by atoms with Crippen molar-refractivity contribution in [3.8, 4) is 0 Å². The summed E-state index contributed by atoms with van der Waals surface area (Å²) in [7, 11) is 0. The lowest BCUT2D eigenvalue weighted by Gasteiger charge is -2.24. The van der Waals surface area contributed by atoms with E-state index in [9.17, 15) is 4.79 Å². The summed E-state index contributed by atoms with van der Waals surface area (Å²) in [5.41, 5.74) is 3.85. The average Bonchev–Trinajstić information content (AvgIpc) is 3.04. The Morgan fingerprint density at radius 3 is 2.68 bits per heavy atom. The third kappa shape index (κ3) is 3.54. The fourth-order valence-electron chi connectivity index (χ4n) is 3.54. The Morgan fingerprint density at radius 1 is 1.14 bits per heavy atom. The van der Waals surface area contributed by atoms with Crippen LogP contribution < -0.4 is 0 Å². The maximum absolute atomic E-state index is 13.1. The molecule has 1 atom stereocenters. The fourth-order valence-corrected chi connectivity index (χ4v) is 3.54. The quantitative estimate of drug-likeness (QED) is 0.672. The van der Waals surface area contributed by atoms with Gasteiger partial charge in [-0.25, -0.2) is 9.97 Å². The minimum atomic E-state index is -0.772. The van der Waals surface area contributed by atoms with Gasteiger partial charge in [-0.2, -0.15) is 0 Å². The first kappa shape index (κ1) is 18.3. The predicted octanol–water partition coefficient (Wildman–Crippen LogP) is 4.14. The summed E-state index contributed by atoms with van der Waals surface area (Å²) in [6, 6.07) is 11.5. The highest BCUT2D eigenvalue weighted by Crippen LogP contribution is 2.29. The minimum Gasteiger partial charge on any atom is -0.459 e. The second kappa shape index (κ2) is 6.86. The Hall–Kier alpha value is -3.02. The molecule has 144 valence electrons. The number of rotatable bonds is 3. The lowest BCUT2D eigenvalue weighted by Crippen LogP contribution is -2.29. The molecular formula is C22H24N4O2. The third-order valence-electron chi connectivity index (χ3n) is 4.78. The normalized spacial score (nSPS) is 15.3. The van der Waals surface area contributed by atoms with Gasteiger partial charge in [-0.3, -0.25) is 4.79 Å². The van der Waals surface area contributed by atoms with Crippen molar-refractivity contribution in [2.75, 3.05) is 0 Å². The number of carbonyl (C=O) groups is 1. The molecule has 6 heteroatoms. The molecule has 1 aliphatic rings. The summed E-state index contributed by atoms with van der Waals surface area (Å²) in [6.45, 7) is 5.53. The number of aryl methyl sites for hydroxylation is 1. The lowest BCUT2D eigenvalue weighted by atomic mass is 9.92. The van der Waals surface area contributed by atoms with Crippen molar-refractivity contribution in [3.05, 3.63) is 59.2 Å². The van der Waals surface area contributed by atoms with Gasteiger partial charge in [0.25, 0.3) is 0 Å². The topological polar surface area (TPSA) is 91.7 Å². The summed E-state index contributed by atoms with van der Waals surface area (Å²) >= 11 is 0. The molecule has 6 nitrogen and oxygen atoms in total. The second-order valence-corrected chi connectivity index (χ2v) is 8.18. The molecule has 0 radical (unpaired) electrons. The molecule has 0 fully saturated rings. The van der Waals surface area contributed by atoms with E-state index < -0.39 is 17.5 Å². The highest BCUT2D eigenvalue weighted by Gasteiger charge is 2.33. The van der Waals surface area contributed by atoms with E-state index in [0.717, 1.165) is 29.4 Å². The Balaban J connectivity index is 1.82. The van der Waals surface area contributed by atoms with Crippen LogP contribution in [0.15, 0.2) is 36.4 Å². The maximum atomic E-state index is 13.1. The Morgan fingerprint density at radius 2 is 1.93 bits per heavy atom. The van der Waals surface area contributed by atoms with Crippen LogP contribution in [0.1, 0.15) is 62.3 Å². The van der Waals surface area contributed by atoms with Crippen LogP contribution in [0.4, 0.5) is 0 Å². The molecule has 4 rings (SSSR count). The van der Waals surface area contributed by atoms with E-state index in [1.807, 2.05) is 57.2 Å². The van der Waals surface area contributed by atoms with Crippen molar-refractivity contribution < 1.29 is 9.53 Å². The van der Waals surface area contributed by atoms with E-state index in [0.29, 0.717) is 29.3 Å². The summed E-state index contributed by atoms with van der Waals surface area (Å²) in [5.74, 6) is -0.668. The first-order chi connectivity index (χ1) is 13.3. The standard InChI is InChI=1S/C22H24N4O2/c1-22(2,3)28-21(27)18(20-25-15-9-4-5-10-16(15)26-20)17-12-11-13-7-6-8-14(23)19(13)24-17/h4-5,9-12,18,23H,6-8H2,1-3H3,(H,25,26). The predicted molar refractivity (Wildman–Crippen MR) is 108 cm³/mol. The molecule has 0 bridgehead atoms. The maximum Gasteiger partial charge on any atom is 0.323 e. The number of aromatic nitrogens is 3. The molecule has 0 spiro atoms. The first-order valence-corrected chi connectivity index (χ1v) is 9.57. The Labute approximate surface area is 163 Å². The van der Waals surface area contributed by atoms with Crippen LogP contribution in [0.2, 0.25) is 0 Å². The highest BCUT2D eigenvalue weighted by molar-refractivity contribution is 5.98. The number of imidazole rings is 1. The molecule has 28 heavy (non-hydrogen) atoms. The van der Waals surface area contributed by atoms with Gasteiger partial charge in [0.05, 0.1) is 28.1 Å². The summed E-state index contributed by atoms with van der Waals surface area (Å²) in [6.07, 6.45) is 2.59. The van der Waals surface area contributed by atoms with Gasteiger partial charge in [-0.15, -0.1) is 0 Å². The number of nitrogens with one attached hydrogen (secondary N) is 2. The number of nitrogens with zero attached hydrogens (tertiary/aromatic N) is 2. The molecule has 2 heterocycles. The first-order valence-electron chi connectivity index (χ1n) is 9.57. The van der Waals surface area contributed by atoms with E-state index in [2.05, 4.69) is 9.97 Å². The van der Waals surface area contributed by atoms with Crippen molar-refractivity contribution in [1.29, 1.82) is 5.41 Å². The van der Waals surface area contributed by atoms with Crippen molar-refractivity contribution in [2.45, 2.75) is 51.6 Å². The number of aromatic amines is 1. The molecule has 0 aliphatic heterocycles. The molecule has 0 saturated heterocycles. The number of hydrogen-bond acceptors (Lipinski definition) is 5. The molecule has 1 unspecified atom stereocenters. The molecule has 2 N–H and O–H groups in total. The van der Waals surface area contributed by atoms with Crippen LogP contribution in [0.25, 0.3) is 11.0 Å². The van der Waals surface area contributed by atoms with Crippen LogP contribution in [0, 0.1) is 5.41 Å². The average molecular weight is 376 g/mol. The number of esters is 1. The monoisotopic (exact) mass is 376 g/mol. The molecule has 0 amide bonds. The number of benzene rings is 1. The molecule has 1 aromatic carbocycles. The molecule has 2 aromatic heterocycles. The smallest absolute Gasteiger partial charge is 0.323 e. The number of pyridine rings is 1. The van der Waals surface area contributed by atoms with Gasteiger partial charge in [-0.1, -0.05) is 18.2 Å². The van der Waals surface area contributed by atoms with Crippen LogP contribution in [-0.2, 0) is 16.0 Å². The zero-order valence-corrected chi connectivity index (χ0v) is 16.4. The molecule has 3 aromatic rings. The van der Waals surface area contributed by atoms with Crippen molar-refractivity contribution in [3.63, 3.8) is 0 Å². The van der Waals surface area contributed by atoms with Crippen LogP contribution in [0.3, 0.4) is 0 Å². The zero-order chi connectivity index (χ0) is 19.9. The fraction of sp³-hybridized carbons (Fsp3) is 0.364. The number of fused-ring (bicyclic) bond motifs is 2. The Bertz CT molecular complexity index is 1030. The van der Waals surface area contributed by atoms with E-state index in [-0.39, 0.29) is 0 Å². The molecular weight excluding hydrogens is 352 g/mol. The molecule has 1 aliphatic carbocycles. The van der Waals surface area contributed by atoms with Crippen molar-refractivity contribution in [1.82, 2.24) is 15.0 Å². The minimum absolute atomic E-state index is 0.402.